The molecule has 1 N–H and O–H groups in total. The van der Waals surface area contributed by atoms with Gasteiger partial charge in [0.1, 0.15) is 0 Å². The molecule has 3 rings (SSSR count). The number of aromatic nitrogens is 6. The lowest BCUT2D eigenvalue weighted by molar-refractivity contribution is 0.0517. The Kier molecular flexibility index (Phi) is 11.0. The molecule has 0 bridgehead atoms. The number of hydrogen-bond donors (Lipinski definition) is 1. The Bertz CT molecular complexity index is 825. The minimum atomic E-state index is -1.05. The van der Waals surface area contributed by atoms with Crippen molar-refractivity contribution in [2.45, 2.75) is 12.8 Å². The van der Waals surface area contributed by atoms with Crippen molar-refractivity contribution >= 4 is 23.5 Å². The van der Waals surface area contributed by atoms with Gasteiger partial charge in [0.2, 0.25) is 0 Å². The molecule has 0 fully saturated rings. The van der Waals surface area contributed by atoms with Crippen molar-refractivity contribution in [3.8, 4) is 0 Å². The molecule has 0 aliphatic heterocycles. The Morgan fingerprint density at radius 3 is 1.79 bits per heavy atom. The topological polar surface area (TPSA) is 141 Å². The van der Waals surface area contributed by atoms with E-state index in [0.717, 1.165) is 5.69 Å². The van der Waals surface area contributed by atoms with Gasteiger partial charge in [-0.15, -0.1) is 21.8 Å². The van der Waals surface area contributed by atoms with Gasteiger partial charge in [0.05, 0.1) is 18.2 Å². The van der Waals surface area contributed by atoms with Crippen molar-refractivity contribution in [3.05, 3.63) is 72.1 Å². The number of carbonyl (C=O) groups is 2. The maximum absolute atomic E-state index is 10.9. The van der Waals surface area contributed by atoms with Gasteiger partial charge in [-0.3, -0.25) is 0 Å². The van der Waals surface area contributed by atoms with Gasteiger partial charge in [0, 0.05) is 18.6 Å². The van der Waals surface area contributed by atoms with Gasteiger partial charge >= 0.3 is 11.9 Å². The molecule has 0 saturated heterocycles. The number of rotatable bonds is 4. The number of carboxylic acids is 1. The third-order valence-corrected chi connectivity index (χ3v) is 2.89. The van der Waals surface area contributed by atoms with E-state index >= 15 is 0 Å². The molecule has 0 unspecified atom stereocenters. The predicted molar refractivity (Wildman–Crippen MR) is 98.6 cm³/mol. The standard InChI is InChI=1S/C7H8N2O2.C5H5ClN2.C5H4N2O2/c1-2-11-7(10)6-4-3-5-8-9-6;6-4-5-2-1-3-7-8-5;8-5(9)4-2-1-3-6-7-4/h3-5H,2H2,1H3;1-3H,4H2;1-3H,(H,8,9). The van der Waals surface area contributed by atoms with Crippen molar-refractivity contribution in [3.63, 3.8) is 0 Å². The van der Waals surface area contributed by atoms with Crippen molar-refractivity contribution in [2.75, 3.05) is 6.61 Å². The lowest BCUT2D eigenvalue weighted by Crippen LogP contribution is -2.07. The summed E-state index contributed by atoms with van der Waals surface area (Å²) < 4.78 is 4.69. The van der Waals surface area contributed by atoms with E-state index in [1.165, 1.54) is 24.5 Å². The number of carbonyl (C=O) groups excluding carboxylic acids is 1. The monoisotopic (exact) mass is 404 g/mol. The maximum Gasteiger partial charge on any atom is 0.358 e. The first-order valence-electron chi connectivity index (χ1n) is 7.86. The fraction of sp³-hybridized carbons (Fsp3) is 0.176. The fourth-order valence-electron chi connectivity index (χ4n) is 1.44. The van der Waals surface area contributed by atoms with E-state index in [2.05, 4.69) is 35.3 Å². The molecule has 10 nitrogen and oxygen atoms in total. The molecule has 146 valence electrons. The summed E-state index contributed by atoms with van der Waals surface area (Å²) in [5.41, 5.74) is 1.03. The molecule has 11 heteroatoms. The summed E-state index contributed by atoms with van der Waals surface area (Å²) in [6.45, 7) is 2.10. The molecule has 0 aliphatic carbocycles. The van der Waals surface area contributed by atoms with Crippen molar-refractivity contribution in [2.24, 2.45) is 0 Å². The van der Waals surface area contributed by atoms with E-state index in [-0.39, 0.29) is 11.4 Å². The zero-order valence-corrected chi connectivity index (χ0v) is 15.6. The van der Waals surface area contributed by atoms with Crippen LogP contribution in [0, 0.1) is 0 Å². The zero-order valence-electron chi connectivity index (χ0n) is 14.8. The highest BCUT2D eigenvalue weighted by molar-refractivity contribution is 6.16. The highest BCUT2D eigenvalue weighted by Gasteiger charge is 2.05. The Labute approximate surface area is 165 Å². The Morgan fingerprint density at radius 2 is 1.46 bits per heavy atom. The van der Waals surface area contributed by atoms with Gasteiger partial charge in [-0.1, -0.05) is 0 Å². The van der Waals surface area contributed by atoms with Crippen molar-refractivity contribution in [1.82, 2.24) is 30.6 Å². The summed E-state index contributed by atoms with van der Waals surface area (Å²) >= 11 is 5.42. The average molecular weight is 405 g/mol. The molecule has 3 aromatic heterocycles. The number of alkyl halides is 1. The minimum absolute atomic E-state index is 0.0301. The van der Waals surface area contributed by atoms with Gasteiger partial charge in [-0.25, -0.2) is 9.59 Å². The molecule has 0 aliphatic rings. The predicted octanol–water partition coefficient (Wildman–Crippen LogP) is 2.04. The Hall–Kier alpha value is -3.53. The van der Waals surface area contributed by atoms with Crippen LogP contribution in [0.15, 0.2) is 55.0 Å². The van der Waals surface area contributed by atoms with Crippen LogP contribution < -0.4 is 0 Å². The molecule has 3 aromatic rings. The second-order valence-electron chi connectivity index (χ2n) is 4.59. The van der Waals surface area contributed by atoms with Crippen LogP contribution in [0.5, 0.6) is 0 Å². The molecule has 28 heavy (non-hydrogen) atoms. The van der Waals surface area contributed by atoms with Gasteiger partial charge in [0.15, 0.2) is 11.4 Å². The highest BCUT2D eigenvalue weighted by Crippen LogP contribution is 1.94. The third-order valence-electron chi connectivity index (χ3n) is 2.61. The normalized spacial score (nSPS) is 9.07. The first-order valence-corrected chi connectivity index (χ1v) is 8.40. The minimum Gasteiger partial charge on any atom is -0.476 e. The summed E-state index contributed by atoms with van der Waals surface area (Å²) in [4.78, 5) is 21.0. The lowest BCUT2D eigenvalue weighted by atomic mass is 10.4. The zero-order chi connectivity index (χ0) is 20.6. The molecule has 3 heterocycles. The second kappa shape index (κ2) is 13.6. The molecular formula is C17H17ClN6O4. The number of carboxylic acid groups (broad SMARTS) is 1. The summed E-state index contributed by atoms with van der Waals surface area (Å²) in [5.74, 6) is -1.04. The molecule has 0 radical (unpaired) electrons. The van der Waals surface area contributed by atoms with Crippen LogP contribution in [0.2, 0.25) is 0 Å². The average Bonchev–Trinajstić information content (AvgIpc) is 2.76. The number of nitrogens with zero attached hydrogens (tertiary/aromatic N) is 6. The largest absolute Gasteiger partial charge is 0.476 e. The lowest BCUT2D eigenvalue weighted by Gasteiger charge is -1.97. The van der Waals surface area contributed by atoms with E-state index < -0.39 is 11.9 Å². The van der Waals surface area contributed by atoms with Crippen LogP contribution in [-0.4, -0.2) is 54.2 Å². The molecule has 0 atom stereocenters. The van der Waals surface area contributed by atoms with Crippen LogP contribution in [0.4, 0.5) is 0 Å². The number of aromatic carboxylic acids is 1. The Morgan fingerprint density at radius 1 is 0.929 bits per heavy atom. The van der Waals surface area contributed by atoms with Gasteiger partial charge in [0.25, 0.3) is 0 Å². The molecule has 0 aromatic carbocycles. The third kappa shape index (κ3) is 9.25. The second-order valence-corrected chi connectivity index (χ2v) is 4.86. The summed E-state index contributed by atoms with van der Waals surface area (Å²) in [6.07, 6.45) is 4.55. The smallest absolute Gasteiger partial charge is 0.358 e. The van der Waals surface area contributed by atoms with E-state index in [4.69, 9.17) is 16.7 Å². The summed E-state index contributed by atoms with van der Waals surface area (Å²) in [5, 5.41) is 29.4. The highest BCUT2D eigenvalue weighted by atomic mass is 35.5. The first-order chi connectivity index (χ1) is 13.6. The molecule has 0 amide bonds. The van der Waals surface area contributed by atoms with E-state index in [0.29, 0.717) is 12.5 Å². The summed E-state index contributed by atoms with van der Waals surface area (Å²) in [7, 11) is 0. The van der Waals surface area contributed by atoms with Crippen LogP contribution >= 0.6 is 11.6 Å². The van der Waals surface area contributed by atoms with Gasteiger partial charge < -0.3 is 9.84 Å². The van der Waals surface area contributed by atoms with Gasteiger partial charge in [-0.05, 0) is 43.3 Å². The SMILES string of the molecule is CCOC(=O)c1cccnn1.ClCc1cccnn1.O=C(O)c1cccnn1. The van der Waals surface area contributed by atoms with Crippen molar-refractivity contribution < 1.29 is 19.4 Å². The van der Waals surface area contributed by atoms with E-state index in [1.54, 1.807) is 25.3 Å². The quantitative estimate of drug-likeness (QED) is 0.507. The fourth-order valence-corrected chi connectivity index (χ4v) is 1.58. The number of ether oxygens (including phenoxy) is 1. The first kappa shape index (κ1) is 22.5. The number of hydrogen-bond acceptors (Lipinski definition) is 9. The van der Waals surface area contributed by atoms with Crippen molar-refractivity contribution in [1.29, 1.82) is 0 Å². The number of esters is 1. The maximum atomic E-state index is 10.9. The van der Waals surface area contributed by atoms with Crippen LogP contribution in [0.25, 0.3) is 0 Å². The molecule has 0 spiro atoms. The van der Waals surface area contributed by atoms with Gasteiger partial charge in [-0.2, -0.15) is 20.4 Å². The number of halogens is 1. The van der Waals surface area contributed by atoms with Crippen LogP contribution in [-0.2, 0) is 10.6 Å². The van der Waals surface area contributed by atoms with E-state index in [1.807, 2.05) is 12.1 Å². The van der Waals surface area contributed by atoms with Crippen LogP contribution in [0.3, 0.4) is 0 Å². The molecular weight excluding hydrogens is 388 g/mol. The summed E-state index contributed by atoms with van der Waals surface area (Å²) in [6, 6.07) is 9.75. The van der Waals surface area contributed by atoms with E-state index in [9.17, 15) is 9.59 Å². The van der Waals surface area contributed by atoms with Crippen LogP contribution in [0.1, 0.15) is 33.6 Å². The Balaban J connectivity index is 0.000000213. The molecule has 0 saturated carbocycles.